The summed E-state index contributed by atoms with van der Waals surface area (Å²) in [4.78, 5) is 4.24. The van der Waals surface area contributed by atoms with Crippen molar-refractivity contribution >= 4 is 11.6 Å². The fourth-order valence-corrected chi connectivity index (χ4v) is 1.68. The number of hydrogen-bond donors (Lipinski definition) is 0. The molecule has 0 fully saturated rings. The molecule has 2 heteroatoms. The zero-order valence-corrected chi connectivity index (χ0v) is 10.3. The summed E-state index contributed by atoms with van der Waals surface area (Å²) in [7, 11) is 0. The molecule has 86 valence electrons. The monoisotopic (exact) mass is 243 g/mol. The summed E-state index contributed by atoms with van der Waals surface area (Å²) in [6.45, 7) is 0. The van der Waals surface area contributed by atoms with Crippen LogP contribution in [0.3, 0.4) is 0 Å². The standard InChI is InChI=1S/C15H14ClN/c16-14-10-11-15(17-12-14)9-5-4-8-13-6-2-1-3-7-13/h1-7,10-12H,8-9H2/b5-4+. The number of rotatable bonds is 4. The lowest BCUT2D eigenvalue weighted by Gasteiger charge is -1.96. The van der Waals surface area contributed by atoms with Crippen molar-refractivity contribution < 1.29 is 0 Å². The predicted molar refractivity (Wildman–Crippen MR) is 72.2 cm³/mol. The Morgan fingerprint density at radius 2 is 1.71 bits per heavy atom. The molecule has 0 aliphatic carbocycles. The van der Waals surface area contributed by atoms with E-state index < -0.39 is 0 Å². The Morgan fingerprint density at radius 3 is 2.41 bits per heavy atom. The Kier molecular flexibility index (Phi) is 4.34. The third-order valence-electron chi connectivity index (χ3n) is 2.48. The lowest BCUT2D eigenvalue weighted by molar-refractivity contribution is 1.10. The SMILES string of the molecule is Clc1ccc(C/C=C/Cc2ccccc2)nc1. The van der Waals surface area contributed by atoms with Gasteiger partial charge in [-0.1, -0.05) is 54.1 Å². The van der Waals surface area contributed by atoms with Gasteiger partial charge in [-0.2, -0.15) is 0 Å². The number of benzene rings is 1. The van der Waals surface area contributed by atoms with E-state index in [0.29, 0.717) is 5.02 Å². The average molecular weight is 244 g/mol. The molecule has 0 saturated heterocycles. The zero-order chi connectivity index (χ0) is 11.9. The van der Waals surface area contributed by atoms with Gasteiger partial charge in [0.05, 0.1) is 5.02 Å². The summed E-state index contributed by atoms with van der Waals surface area (Å²) >= 11 is 5.77. The van der Waals surface area contributed by atoms with Crippen LogP contribution in [0.25, 0.3) is 0 Å². The van der Waals surface area contributed by atoms with Gasteiger partial charge in [-0.3, -0.25) is 4.98 Å². The molecule has 0 aliphatic rings. The number of halogens is 1. The first-order valence-corrected chi connectivity index (χ1v) is 6.02. The smallest absolute Gasteiger partial charge is 0.0589 e. The molecule has 2 aromatic rings. The van der Waals surface area contributed by atoms with Crippen molar-refractivity contribution in [1.29, 1.82) is 0 Å². The summed E-state index contributed by atoms with van der Waals surface area (Å²) in [6.07, 6.45) is 7.81. The third-order valence-corrected chi connectivity index (χ3v) is 2.70. The van der Waals surface area contributed by atoms with Gasteiger partial charge in [0.15, 0.2) is 0 Å². The van der Waals surface area contributed by atoms with E-state index in [9.17, 15) is 0 Å². The van der Waals surface area contributed by atoms with Crippen LogP contribution in [-0.2, 0) is 12.8 Å². The van der Waals surface area contributed by atoms with Gasteiger partial charge < -0.3 is 0 Å². The Labute approximate surface area is 107 Å². The number of allylic oxidation sites excluding steroid dienone is 2. The number of pyridine rings is 1. The molecule has 1 nitrogen and oxygen atoms in total. The zero-order valence-electron chi connectivity index (χ0n) is 9.51. The molecule has 0 spiro atoms. The van der Waals surface area contributed by atoms with Gasteiger partial charge in [0, 0.05) is 18.3 Å². The third kappa shape index (κ3) is 4.04. The molecule has 1 aromatic heterocycles. The lowest BCUT2D eigenvalue weighted by Crippen LogP contribution is -1.86. The van der Waals surface area contributed by atoms with Crippen LogP contribution in [0.15, 0.2) is 60.8 Å². The maximum Gasteiger partial charge on any atom is 0.0589 e. The maximum absolute atomic E-state index is 5.77. The molecule has 1 aromatic carbocycles. The van der Waals surface area contributed by atoms with Crippen molar-refractivity contribution in [2.24, 2.45) is 0 Å². The van der Waals surface area contributed by atoms with Gasteiger partial charge in [-0.05, 0) is 24.1 Å². The number of aromatic nitrogens is 1. The molecule has 0 aliphatic heterocycles. The van der Waals surface area contributed by atoms with Crippen LogP contribution in [0.5, 0.6) is 0 Å². The highest BCUT2D eigenvalue weighted by Gasteiger charge is 1.91. The molecule has 1 heterocycles. The second kappa shape index (κ2) is 6.21. The molecule has 0 bridgehead atoms. The number of nitrogens with zero attached hydrogens (tertiary/aromatic N) is 1. The van der Waals surface area contributed by atoms with Crippen molar-refractivity contribution in [3.05, 3.63) is 77.1 Å². The average Bonchev–Trinajstić information content (AvgIpc) is 2.38. The van der Waals surface area contributed by atoms with E-state index in [1.807, 2.05) is 18.2 Å². The summed E-state index contributed by atoms with van der Waals surface area (Å²) in [5.74, 6) is 0. The number of hydrogen-bond acceptors (Lipinski definition) is 1. The Morgan fingerprint density at radius 1 is 0.941 bits per heavy atom. The first-order chi connectivity index (χ1) is 8.34. The van der Waals surface area contributed by atoms with Crippen molar-refractivity contribution in [1.82, 2.24) is 4.98 Å². The fourth-order valence-electron chi connectivity index (χ4n) is 1.56. The van der Waals surface area contributed by atoms with Crippen molar-refractivity contribution in [3.63, 3.8) is 0 Å². The predicted octanol–water partition coefficient (Wildman–Crippen LogP) is 4.08. The van der Waals surface area contributed by atoms with Crippen molar-refractivity contribution in [3.8, 4) is 0 Å². The maximum atomic E-state index is 5.77. The highest BCUT2D eigenvalue weighted by molar-refractivity contribution is 6.30. The highest BCUT2D eigenvalue weighted by atomic mass is 35.5. The van der Waals surface area contributed by atoms with Crippen LogP contribution >= 0.6 is 11.6 Å². The normalized spacial score (nSPS) is 10.9. The topological polar surface area (TPSA) is 12.9 Å². The van der Waals surface area contributed by atoms with Crippen LogP contribution in [-0.4, -0.2) is 4.98 Å². The Balaban J connectivity index is 1.84. The van der Waals surface area contributed by atoms with Gasteiger partial charge in [0.25, 0.3) is 0 Å². The Hall–Kier alpha value is -1.60. The van der Waals surface area contributed by atoms with Gasteiger partial charge in [0.1, 0.15) is 0 Å². The van der Waals surface area contributed by atoms with Gasteiger partial charge in [-0.15, -0.1) is 0 Å². The first-order valence-electron chi connectivity index (χ1n) is 5.64. The molecule has 0 amide bonds. The van der Waals surface area contributed by atoms with E-state index >= 15 is 0 Å². The second-order valence-corrected chi connectivity index (χ2v) is 4.27. The van der Waals surface area contributed by atoms with Crippen molar-refractivity contribution in [2.75, 3.05) is 0 Å². The van der Waals surface area contributed by atoms with Crippen LogP contribution in [0.2, 0.25) is 5.02 Å². The minimum atomic E-state index is 0.682. The summed E-state index contributed by atoms with van der Waals surface area (Å²) in [6, 6.07) is 14.2. The largest absolute Gasteiger partial charge is 0.259 e. The molecule has 0 atom stereocenters. The van der Waals surface area contributed by atoms with E-state index in [0.717, 1.165) is 18.5 Å². The van der Waals surface area contributed by atoms with Crippen LogP contribution < -0.4 is 0 Å². The summed E-state index contributed by atoms with van der Waals surface area (Å²) in [5, 5.41) is 0.682. The van der Waals surface area contributed by atoms with E-state index in [4.69, 9.17) is 11.6 Å². The summed E-state index contributed by atoms with van der Waals surface area (Å²) in [5.41, 5.74) is 2.37. The van der Waals surface area contributed by atoms with Gasteiger partial charge >= 0.3 is 0 Å². The van der Waals surface area contributed by atoms with E-state index in [2.05, 4.69) is 41.4 Å². The van der Waals surface area contributed by atoms with Crippen LogP contribution in [0.4, 0.5) is 0 Å². The molecule has 0 unspecified atom stereocenters. The first kappa shape index (κ1) is 11.9. The second-order valence-electron chi connectivity index (χ2n) is 3.83. The quantitative estimate of drug-likeness (QED) is 0.738. The molecule has 0 N–H and O–H groups in total. The molecular weight excluding hydrogens is 230 g/mol. The van der Waals surface area contributed by atoms with E-state index in [1.165, 1.54) is 5.56 Å². The molecular formula is C15H14ClN. The van der Waals surface area contributed by atoms with Gasteiger partial charge in [0.2, 0.25) is 0 Å². The fraction of sp³-hybridized carbons (Fsp3) is 0.133. The minimum Gasteiger partial charge on any atom is -0.259 e. The molecule has 0 radical (unpaired) electrons. The van der Waals surface area contributed by atoms with E-state index in [-0.39, 0.29) is 0 Å². The van der Waals surface area contributed by atoms with Crippen LogP contribution in [0, 0.1) is 0 Å². The summed E-state index contributed by atoms with van der Waals surface area (Å²) < 4.78 is 0. The highest BCUT2D eigenvalue weighted by Crippen LogP contribution is 2.07. The van der Waals surface area contributed by atoms with Crippen molar-refractivity contribution in [2.45, 2.75) is 12.8 Å². The van der Waals surface area contributed by atoms with Crippen LogP contribution in [0.1, 0.15) is 11.3 Å². The minimum absolute atomic E-state index is 0.682. The van der Waals surface area contributed by atoms with E-state index in [1.54, 1.807) is 6.20 Å². The Bertz CT molecular complexity index is 474. The molecule has 17 heavy (non-hydrogen) atoms. The molecule has 2 rings (SSSR count). The molecule has 0 saturated carbocycles. The van der Waals surface area contributed by atoms with Gasteiger partial charge in [-0.25, -0.2) is 0 Å². The lowest BCUT2D eigenvalue weighted by atomic mass is 10.1.